The van der Waals surface area contributed by atoms with Crippen molar-refractivity contribution in [3.8, 4) is 11.8 Å². The minimum Gasteiger partial charge on any atom is -0.384 e. The van der Waals surface area contributed by atoms with Gasteiger partial charge >= 0.3 is 0 Å². The summed E-state index contributed by atoms with van der Waals surface area (Å²) in [5.74, 6) is 6.46. The van der Waals surface area contributed by atoms with Gasteiger partial charge in [0.25, 0.3) is 5.91 Å². The second-order valence-corrected chi connectivity index (χ2v) is 5.81. The van der Waals surface area contributed by atoms with Gasteiger partial charge in [0.15, 0.2) is 0 Å². The van der Waals surface area contributed by atoms with Crippen LogP contribution in [0, 0.1) is 17.8 Å². The fourth-order valence-electron chi connectivity index (χ4n) is 2.37. The molecular formula is C15H20N2O2S. The third-order valence-corrected chi connectivity index (χ3v) is 4.31. The lowest BCUT2D eigenvalue weighted by Crippen LogP contribution is -2.39. The molecule has 1 aromatic rings. The highest BCUT2D eigenvalue weighted by Gasteiger charge is 2.24. The van der Waals surface area contributed by atoms with Crippen LogP contribution in [-0.4, -0.2) is 44.2 Å². The number of ether oxygens (including phenoxy) is 1. The van der Waals surface area contributed by atoms with Crippen molar-refractivity contribution < 1.29 is 9.53 Å². The van der Waals surface area contributed by atoms with Crippen molar-refractivity contribution >= 4 is 17.2 Å². The third kappa shape index (κ3) is 3.83. The first kappa shape index (κ1) is 15.0. The molecule has 1 aromatic heterocycles. The fourth-order valence-corrected chi connectivity index (χ4v) is 3.12. The number of carbonyl (C=O) groups excluding carboxylic acids is 1. The molecule has 20 heavy (non-hydrogen) atoms. The predicted molar refractivity (Wildman–Crippen MR) is 80.8 cm³/mol. The first-order chi connectivity index (χ1) is 9.74. The molecule has 0 aliphatic carbocycles. The van der Waals surface area contributed by atoms with Gasteiger partial charge in [0.2, 0.25) is 0 Å². The number of nitrogens with two attached hydrogens (primary N) is 1. The van der Waals surface area contributed by atoms with Crippen LogP contribution in [0.5, 0.6) is 0 Å². The Balaban J connectivity index is 1.93. The number of thiophene rings is 1. The van der Waals surface area contributed by atoms with Crippen LogP contribution in [0.1, 0.15) is 28.1 Å². The molecule has 1 fully saturated rings. The van der Waals surface area contributed by atoms with Gasteiger partial charge in [0.1, 0.15) is 0 Å². The van der Waals surface area contributed by atoms with Gasteiger partial charge in [-0.15, -0.1) is 11.3 Å². The number of hydrogen-bond donors (Lipinski definition) is 1. The SMILES string of the molecule is COCC1CCN(C(=O)c2csc(C#CCN)c2)CC1. The van der Waals surface area contributed by atoms with Crippen LogP contribution in [-0.2, 0) is 4.74 Å². The smallest absolute Gasteiger partial charge is 0.254 e. The molecule has 0 radical (unpaired) electrons. The number of likely N-dealkylation sites (tertiary alicyclic amines) is 1. The molecule has 1 aliphatic rings. The first-order valence-corrected chi connectivity index (χ1v) is 7.68. The number of piperidine rings is 1. The quantitative estimate of drug-likeness (QED) is 0.860. The zero-order chi connectivity index (χ0) is 14.4. The van der Waals surface area contributed by atoms with E-state index in [0.717, 1.165) is 43.0 Å². The van der Waals surface area contributed by atoms with Crippen molar-refractivity contribution in [3.63, 3.8) is 0 Å². The van der Waals surface area contributed by atoms with E-state index in [2.05, 4.69) is 11.8 Å². The lowest BCUT2D eigenvalue weighted by molar-refractivity contribution is 0.0614. The number of amides is 1. The minimum absolute atomic E-state index is 0.109. The summed E-state index contributed by atoms with van der Waals surface area (Å²) in [4.78, 5) is 15.2. The molecule has 5 heteroatoms. The fraction of sp³-hybridized carbons (Fsp3) is 0.533. The van der Waals surface area contributed by atoms with Crippen molar-refractivity contribution in [2.45, 2.75) is 12.8 Å². The molecule has 1 saturated heterocycles. The van der Waals surface area contributed by atoms with Gasteiger partial charge in [-0.25, -0.2) is 0 Å². The van der Waals surface area contributed by atoms with Crippen LogP contribution in [0.4, 0.5) is 0 Å². The topological polar surface area (TPSA) is 55.6 Å². The number of rotatable bonds is 3. The lowest BCUT2D eigenvalue weighted by atomic mass is 9.97. The highest BCUT2D eigenvalue weighted by atomic mass is 32.1. The Morgan fingerprint density at radius 1 is 1.55 bits per heavy atom. The molecule has 0 saturated carbocycles. The van der Waals surface area contributed by atoms with Crippen LogP contribution in [0.25, 0.3) is 0 Å². The summed E-state index contributed by atoms with van der Waals surface area (Å²) in [6.07, 6.45) is 2.03. The summed E-state index contributed by atoms with van der Waals surface area (Å²) in [6.45, 7) is 2.76. The van der Waals surface area contributed by atoms with E-state index in [1.54, 1.807) is 7.11 Å². The predicted octanol–water partition coefficient (Wildman–Crippen LogP) is 1.56. The van der Waals surface area contributed by atoms with E-state index in [-0.39, 0.29) is 5.91 Å². The van der Waals surface area contributed by atoms with E-state index < -0.39 is 0 Å². The van der Waals surface area contributed by atoms with Gasteiger partial charge < -0.3 is 15.4 Å². The largest absolute Gasteiger partial charge is 0.384 e. The van der Waals surface area contributed by atoms with Gasteiger partial charge in [-0.1, -0.05) is 11.8 Å². The number of carbonyl (C=O) groups is 1. The Morgan fingerprint density at radius 3 is 2.95 bits per heavy atom. The molecule has 108 valence electrons. The van der Waals surface area contributed by atoms with Crippen molar-refractivity contribution in [3.05, 3.63) is 21.9 Å². The Bertz CT molecular complexity index is 507. The molecule has 2 N–H and O–H groups in total. The number of hydrogen-bond acceptors (Lipinski definition) is 4. The van der Waals surface area contributed by atoms with E-state index in [0.29, 0.717) is 12.5 Å². The maximum absolute atomic E-state index is 12.4. The lowest BCUT2D eigenvalue weighted by Gasteiger charge is -2.31. The van der Waals surface area contributed by atoms with Gasteiger partial charge in [-0.05, 0) is 24.8 Å². The molecule has 1 amide bonds. The van der Waals surface area contributed by atoms with Gasteiger partial charge in [-0.3, -0.25) is 4.79 Å². The standard InChI is InChI=1S/C15H20N2O2S/c1-19-10-12-4-7-17(8-5-12)15(18)13-9-14(20-11-13)3-2-6-16/h9,11-12H,4-8,10,16H2,1H3. The first-order valence-electron chi connectivity index (χ1n) is 6.80. The summed E-state index contributed by atoms with van der Waals surface area (Å²) in [5.41, 5.74) is 6.08. The minimum atomic E-state index is 0.109. The van der Waals surface area contributed by atoms with Crippen molar-refractivity contribution in [2.75, 3.05) is 33.4 Å². The van der Waals surface area contributed by atoms with E-state index in [1.165, 1.54) is 11.3 Å². The highest BCUT2D eigenvalue weighted by Crippen LogP contribution is 2.21. The molecule has 0 atom stereocenters. The molecule has 4 nitrogen and oxygen atoms in total. The van der Waals surface area contributed by atoms with Crippen LogP contribution in [0.2, 0.25) is 0 Å². The Kier molecular flexibility index (Phi) is 5.60. The normalized spacial score (nSPS) is 15.8. The molecular weight excluding hydrogens is 272 g/mol. The summed E-state index contributed by atoms with van der Waals surface area (Å²) in [7, 11) is 1.73. The van der Waals surface area contributed by atoms with Gasteiger partial charge in [0.05, 0.1) is 17.0 Å². The second-order valence-electron chi connectivity index (χ2n) is 4.90. The van der Waals surface area contributed by atoms with Crippen LogP contribution >= 0.6 is 11.3 Å². The van der Waals surface area contributed by atoms with E-state index in [1.807, 2.05) is 16.3 Å². The van der Waals surface area contributed by atoms with E-state index in [9.17, 15) is 4.79 Å². The Labute approximate surface area is 123 Å². The molecule has 1 aliphatic heterocycles. The maximum atomic E-state index is 12.4. The summed E-state index contributed by atoms with van der Waals surface area (Å²) in [6, 6.07) is 1.86. The van der Waals surface area contributed by atoms with Crippen molar-refractivity contribution in [1.82, 2.24) is 4.90 Å². The second kappa shape index (κ2) is 7.44. The zero-order valence-corrected chi connectivity index (χ0v) is 12.5. The van der Waals surface area contributed by atoms with Crippen molar-refractivity contribution in [2.24, 2.45) is 11.7 Å². The number of nitrogens with zero attached hydrogens (tertiary/aromatic N) is 1. The number of methoxy groups -OCH3 is 1. The maximum Gasteiger partial charge on any atom is 0.254 e. The average Bonchev–Trinajstić information content (AvgIpc) is 2.94. The molecule has 0 unspecified atom stereocenters. The van der Waals surface area contributed by atoms with Crippen LogP contribution in [0.15, 0.2) is 11.4 Å². The van der Waals surface area contributed by atoms with Gasteiger partial charge in [0, 0.05) is 32.2 Å². The molecule has 2 rings (SSSR count). The highest BCUT2D eigenvalue weighted by molar-refractivity contribution is 7.10. The summed E-state index contributed by atoms with van der Waals surface area (Å²) < 4.78 is 5.18. The zero-order valence-electron chi connectivity index (χ0n) is 11.7. The van der Waals surface area contributed by atoms with Crippen molar-refractivity contribution in [1.29, 1.82) is 0 Å². The molecule has 0 spiro atoms. The van der Waals surface area contributed by atoms with E-state index in [4.69, 9.17) is 10.5 Å². The monoisotopic (exact) mass is 292 g/mol. The summed E-state index contributed by atoms with van der Waals surface area (Å²) in [5, 5.41) is 1.88. The average molecular weight is 292 g/mol. The van der Waals surface area contributed by atoms with Crippen LogP contribution < -0.4 is 5.73 Å². The van der Waals surface area contributed by atoms with Crippen LogP contribution in [0.3, 0.4) is 0 Å². The summed E-state index contributed by atoms with van der Waals surface area (Å²) >= 11 is 1.49. The molecule has 2 heterocycles. The van der Waals surface area contributed by atoms with E-state index >= 15 is 0 Å². The Morgan fingerprint density at radius 2 is 2.30 bits per heavy atom. The molecule has 0 aromatic carbocycles. The Hall–Kier alpha value is -1.35. The third-order valence-electron chi connectivity index (χ3n) is 3.46. The van der Waals surface area contributed by atoms with Gasteiger partial charge in [-0.2, -0.15) is 0 Å². The molecule has 0 bridgehead atoms.